The average Bonchev–Trinajstić information content (AvgIpc) is 3.07. The van der Waals surface area contributed by atoms with Crippen molar-refractivity contribution < 1.29 is 17.9 Å². The highest BCUT2D eigenvalue weighted by molar-refractivity contribution is 5.95. The lowest BCUT2D eigenvalue weighted by molar-refractivity contribution is -0.100. The summed E-state index contributed by atoms with van der Waals surface area (Å²) in [5, 5.41) is 9.76. The smallest absolute Gasteiger partial charge is 0.379 e. The number of hydrogen-bond acceptors (Lipinski definition) is 6. The van der Waals surface area contributed by atoms with Crippen LogP contribution in [0.5, 0.6) is 0 Å². The van der Waals surface area contributed by atoms with Crippen LogP contribution in [0, 0.1) is 6.92 Å². The Morgan fingerprint density at radius 2 is 2.25 bits per heavy atom. The van der Waals surface area contributed by atoms with Crippen LogP contribution in [0.25, 0.3) is 0 Å². The fraction of sp³-hybridized carbons (Fsp3) is 0.571. The summed E-state index contributed by atoms with van der Waals surface area (Å²) >= 11 is 0. The highest BCUT2D eigenvalue weighted by Crippen LogP contribution is 2.34. The summed E-state index contributed by atoms with van der Waals surface area (Å²) in [5.41, 5.74) is 4.39. The zero-order valence-corrected chi connectivity index (χ0v) is 13.3. The molecule has 7 nitrogen and oxygen atoms in total. The number of ether oxygens (including phenoxy) is 1. The van der Waals surface area contributed by atoms with Gasteiger partial charge < -0.3 is 21.1 Å². The van der Waals surface area contributed by atoms with Crippen LogP contribution in [0.3, 0.4) is 0 Å². The molecule has 0 aliphatic carbocycles. The molecule has 1 saturated heterocycles. The monoisotopic (exact) mass is 344 g/mol. The van der Waals surface area contributed by atoms with Gasteiger partial charge in [0.25, 0.3) is 0 Å². The molecule has 0 radical (unpaired) electrons. The Morgan fingerprint density at radius 1 is 1.50 bits per heavy atom. The van der Waals surface area contributed by atoms with Gasteiger partial charge in [-0.2, -0.15) is 18.3 Å². The van der Waals surface area contributed by atoms with Gasteiger partial charge in [-0.15, -0.1) is 0 Å². The molecule has 1 fully saturated rings. The summed E-state index contributed by atoms with van der Waals surface area (Å²) in [6.07, 6.45) is -1.23. The molecule has 1 aromatic rings. The molecule has 1 aromatic heterocycles. The van der Waals surface area contributed by atoms with Gasteiger partial charge in [-0.1, -0.05) is 0 Å². The molecule has 2 aliphatic rings. The molecule has 24 heavy (non-hydrogen) atoms. The number of rotatable bonds is 2. The van der Waals surface area contributed by atoms with Crippen LogP contribution in [-0.2, 0) is 4.74 Å². The predicted octanol–water partition coefficient (Wildman–Crippen LogP) is 1.65. The van der Waals surface area contributed by atoms with E-state index < -0.39 is 17.4 Å². The van der Waals surface area contributed by atoms with Crippen molar-refractivity contribution in [1.29, 1.82) is 0 Å². The van der Waals surface area contributed by atoms with E-state index in [9.17, 15) is 13.2 Å². The van der Waals surface area contributed by atoms with Crippen LogP contribution >= 0.6 is 0 Å². The van der Waals surface area contributed by atoms with Gasteiger partial charge in [0.1, 0.15) is 5.66 Å². The second kappa shape index (κ2) is 5.78. The van der Waals surface area contributed by atoms with Crippen molar-refractivity contribution in [2.45, 2.75) is 38.1 Å². The third-order valence-electron chi connectivity index (χ3n) is 4.10. The minimum absolute atomic E-state index is 0.137. The normalized spacial score (nSPS) is 27.5. The average molecular weight is 344 g/mol. The predicted molar refractivity (Wildman–Crippen MR) is 82.4 cm³/mol. The molecule has 0 amide bonds. The summed E-state index contributed by atoms with van der Waals surface area (Å²) in [5.74, 6) is 0.137. The van der Waals surface area contributed by atoms with Crippen LogP contribution in [0.4, 0.5) is 18.9 Å². The first-order chi connectivity index (χ1) is 11.2. The minimum Gasteiger partial charge on any atom is -0.379 e. The maximum absolute atomic E-state index is 12.9. The van der Waals surface area contributed by atoms with Crippen molar-refractivity contribution in [3.63, 3.8) is 0 Å². The van der Waals surface area contributed by atoms with Gasteiger partial charge in [0, 0.05) is 12.8 Å². The zero-order chi connectivity index (χ0) is 17.5. The van der Waals surface area contributed by atoms with E-state index in [4.69, 9.17) is 10.5 Å². The van der Waals surface area contributed by atoms with E-state index in [-0.39, 0.29) is 12.0 Å². The quantitative estimate of drug-likeness (QED) is 0.759. The fourth-order valence-corrected chi connectivity index (χ4v) is 2.80. The Labute approximate surface area is 136 Å². The lowest BCUT2D eigenvalue weighted by Crippen LogP contribution is -2.49. The van der Waals surface area contributed by atoms with E-state index in [0.717, 1.165) is 18.3 Å². The second-order valence-corrected chi connectivity index (χ2v) is 6.04. The molecule has 0 bridgehead atoms. The Bertz CT molecular complexity index is 685. The van der Waals surface area contributed by atoms with Crippen molar-refractivity contribution in [3.05, 3.63) is 23.7 Å². The number of aliphatic imine (C=N–C) groups is 1. The van der Waals surface area contributed by atoms with Crippen LogP contribution < -0.4 is 16.4 Å². The summed E-state index contributed by atoms with van der Waals surface area (Å²) in [4.78, 5) is 3.93. The summed E-state index contributed by atoms with van der Waals surface area (Å²) in [6.45, 7) is 4.37. The molecule has 132 valence electrons. The van der Waals surface area contributed by atoms with Gasteiger partial charge in [-0.05, 0) is 20.3 Å². The number of nitrogens with zero attached hydrogens (tertiary/aromatic N) is 3. The molecule has 0 saturated carbocycles. The molecule has 3 heterocycles. The molecule has 2 aliphatic heterocycles. The van der Waals surface area contributed by atoms with Gasteiger partial charge >= 0.3 is 6.18 Å². The lowest BCUT2D eigenvalue weighted by Gasteiger charge is -2.30. The molecule has 4 N–H and O–H groups in total. The molecule has 10 heteroatoms. The third kappa shape index (κ3) is 3.11. The van der Waals surface area contributed by atoms with E-state index in [2.05, 4.69) is 20.7 Å². The Balaban J connectivity index is 1.77. The third-order valence-corrected chi connectivity index (χ3v) is 4.10. The van der Waals surface area contributed by atoms with Crippen molar-refractivity contribution in [2.75, 3.05) is 18.5 Å². The number of halogens is 3. The first-order valence-corrected chi connectivity index (χ1v) is 7.50. The Hall–Kier alpha value is -2.07. The minimum atomic E-state index is -4.55. The van der Waals surface area contributed by atoms with E-state index in [1.165, 1.54) is 6.92 Å². The Morgan fingerprint density at radius 3 is 2.83 bits per heavy atom. The number of hydrogen-bond donors (Lipinski definition) is 3. The number of guanidine groups is 1. The molecule has 2 atom stereocenters. The molecular formula is C14H19F3N6O. The highest BCUT2D eigenvalue weighted by atomic mass is 19.4. The highest BCUT2D eigenvalue weighted by Gasteiger charge is 2.45. The van der Waals surface area contributed by atoms with Gasteiger partial charge in [-0.25, -0.2) is 4.99 Å². The van der Waals surface area contributed by atoms with Crippen molar-refractivity contribution in [1.82, 2.24) is 15.1 Å². The van der Waals surface area contributed by atoms with E-state index in [0.29, 0.717) is 18.9 Å². The van der Waals surface area contributed by atoms with Gasteiger partial charge in [0.15, 0.2) is 0 Å². The van der Waals surface area contributed by atoms with Crippen LogP contribution in [0.2, 0.25) is 0 Å². The van der Waals surface area contributed by atoms with E-state index in [1.807, 2.05) is 11.6 Å². The number of nitrogens with one attached hydrogen (secondary N) is 2. The number of nitrogens with two attached hydrogens (primary N) is 1. The van der Waals surface area contributed by atoms with Gasteiger partial charge in [-0.3, -0.25) is 4.68 Å². The molecule has 0 aromatic carbocycles. The summed E-state index contributed by atoms with van der Waals surface area (Å²) < 4.78 is 46.0. The van der Waals surface area contributed by atoms with Crippen LogP contribution in [0.15, 0.2) is 23.0 Å². The second-order valence-electron chi connectivity index (χ2n) is 6.04. The summed E-state index contributed by atoms with van der Waals surface area (Å²) in [6, 6.07) is 0.165. The number of alkyl halides is 3. The van der Waals surface area contributed by atoms with Crippen molar-refractivity contribution in [2.24, 2.45) is 10.7 Å². The largest absolute Gasteiger partial charge is 0.417 e. The van der Waals surface area contributed by atoms with Crippen molar-refractivity contribution in [3.8, 4) is 0 Å². The van der Waals surface area contributed by atoms with E-state index in [1.54, 1.807) is 6.20 Å². The zero-order valence-electron chi connectivity index (χ0n) is 13.3. The van der Waals surface area contributed by atoms with Crippen molar-refractivity contribution >= 4 is 11.6 Å². The van der Waals surface area contributed by atoms with Gasteiger partial charge in [0.05, 0.1) is 35.8 Å². The fourth-order valence-electron chi connectivity index (χ4n) is 2.80. The maximum atomic E-state index is 12.9. The van der Waals surface area contributed by atoms with Crippen LogP contribution in [0.1, 0.15) is 25.1 Å². The first-order valence-electron chi connectivity index (χ1n) is 7.50. The Kier molecular flexibility index (Phi) is 4.04. The molecule has 0 spiro atoms. The SMILES string of the molecule is Cc1c(NC2=NC(C)(N)C(C(F)(F)F)=CN2)cnn1C1CCOC1. The number of aromatic nitrogens is 2. The van der Waals surface area contributed by atoms with Gasteiger partial charge in [0.2, 0.25) is 5.96 Å². The van der Waals surface area contributed by atoms with E-state index >= 15 is 0 Å². The first kappa shape index (κ1) is 16.8. The summed E-state index contributed by atoms with van der Waals surface area (Å²) in [7, 11) is 0. The molecule has 3 rings (SSSR count). The standard InChI is InChI=1S/C14H19F3N6O/c1-8-10(5-20-23(8)9-3-4-24-7-9)21-12-19-6-11(14(15,16)17)13(2,18)22-12/h5-6,9H,3-4,7,18H2,1-2H3,(H2,19,21,22). The number of anilines is 1. The topological polar surface area (TPSA) is 89.5 Å². The maximum Gasteiger partial charge on any atom is 0.417 e. The lowest BCUT2D eigenvalue weighted by atomic mass is 10.0. The molecule has 2 unspecified atom stereocenters. The molecular weight excluding hydrogens is 325 g/mol. The van der Waals surface area contributed by atoms with Crippen LogP contribution in [-0.4, -0.2) is 40.8 Å².